The van der Waals surface area contributed by atoms with E-state index in [9.17, 15) is 0 Å². The molecule has 0 saturated carbocycles. The van der Waals surface area contributed by atoms with Gasteiger partial charge in [0.1, 0.15) is 11.5 Å². The summed E-state index contributed by atoms with van der Waals surface area (Å²) in [6.07, 6.45) is 0. The minimum Gasteiger partial charge on any atom is -0.495 e. The lowest BCUT2D eigenvalue weighted by Crippen LogP contribution is -2.03. The first-order valence-corrected chi connectivity index (χ1v) is 6.60. The van der Waals surface area contributed by atoms with Gasteiger partial charge in [0.2, 0.25) is 0 Å². The van der Waals surface area contributed by atoms with Crippen LogP contribution in [0.15, 0.2) is 12.1 Å². The predicted molar refractivity (Wildman–Crippen MR) is 79.9 cm³/mol. The first-order chi connectivity index (χ1) is 9.56. The Morgan fingerprint density at radius 2 is 1.90 bits per heavy atom. The molecule has 0 fully saturated rings. The maximum Gasteiger partial charge on any atom is 0.143 e. The largest absolute Gasteiger partial charge is 0.495 e. The molecule has 5 nitrogen and oxygen atoms in total. The van der Waals surface area contributed by atoms with E-state index in [1.54, 1.807) is 20.3 Å². The molecule has 2 aromatic rings. The molecule has 108 valence electrons. The van der Waals surface area contributed by atoms with Crippen molar-refractivity contribution < 1.29 is 9.47 Å². The molecule has 0 aliphatic heterocycles. The van der Waals surface area contributed by atoms with Crippen LogP contribution in [0.3, 0.4) is 0 Å². The quantitative estimate of drug-likeness (QED) is 0.888. The van der Waals surface area contributed by atoms with Crippen molar-refractivity contribution in [2.75, 3.05) is 19.5 Å². The Labute approximate surface area is 123 Å². The highest BCUT2D eigenvalue weighted by atomic mass is 35.5. The summed E-state index contributed by atoms with van der Waals surface area (Å²) in [6, 6.07) is 3.56. The van der Waals surface area contributed by atoms with Crippen molar-refractivity contribution in [3.63, 3.8) is 0 Å². The molecule has 0 spiro atoms. The molecule has 2 N–H and O–H groups in total. The fourth-order valence-electron chi connectivity index (χ4n) is 2.02. The number of aromatic nitrogens is 2. The first kappa shape index (κ1) is 14.5. The van der Waals surface area contributed by atoms with Gasteiger partial charge < -0.3 is 14.8 Å². The molecule has 0 aliphatic carbocycles. The van der Waals surface area contributed by atoms with E-state index in [0.717, 1.165) is 22.6 Å². The summed E-state index contributed by atoms with van der Waals surface area (Å²) >= 11 is 6.08. The number of benzene rings is 1. The van der Waals surface area contributed by atoms with E-state index in [1.165, 1.54) is 0 Å². The van der Waals surface area contributed by atoms with E-state index in [0.29, 0.717) is 23.1 Å². The van der Waals surface area contributed by atoms with Crippen molar-refractivity contribution in [1.29, 1.82) is 0 Å². The molecule has 1 aromatic carbocycles. The Hall–Kier alpha value is -1.88. The minimum atomic E-state index is 0.519. The SMILES string of the molecule is COc1cc(NCc2c(C)n[nH]c2C)c(OC)cc1Cl. The second-order valence-electron chi connectivity index (χ2n) is 4.45. The zero-order chi connectivity index (χ0) is 14.7. The number of ether oxygens (including phenoxy) is 2. The average molecular weight is 296 g/mol. The van der Waals surface area contributed by atoms with Crippen LogP contribution in [0.1, 0.15) is 17.0 Å². The van der Waals surface area contributed by atoms with Crippen LogP contribution in [0.2, 0.25) is 5.02 Å². The van der Waals surface area contributed by atoms with Crippen LogP contribution in [0.4, 0.5) is 5.69 Å². The van der Waals surface area contributed by atoms with E-state index in [4.69, 9.17) is 21.1 Å². The van der Waals surface area contributed by atoms with Gasteiger partial charge in [-0.2, -0.15) is 5.10 Å². The molecule has 2 rings (SSSR count). The van der Waals surface area contributed by atoms with E-state index < -0.39 is 0 Å². The Morgan fingerprint density at radius 1 is 1.20 bits per heavy atom. The van der Waals surface area contributed by atoms with Crippen LogP contribution in [-0.4, -0.2) is 24.4 Å². The molecule has 1 aromatic heterocycles. The van der Waals surface area contributed by atoms with Crippen LogP contribution in [0.25, 0.3) is 0 Å². The van der Waals surface area contributed by atoms with Crippen molar-refractivity contribution in [1.82, 2.24) is 10.2 Å². The highest BCUT2D eigenvalue weighted by molar-refractivity contribution is 6.32. The molecular formula is C14H18ClN3O2. The van der Waals surface area contributed by atoms with Gasteiger partial charge in [-0.25, -0.2) is 0 Å². The Bertz CT molecular complexity index is 591. The average Bonchev–Trinajstić information content (AvgIpc) is 2.76. The standard InChI is InChI=1S/C14H18ClN3O2/c1-8-10(9(2)18-17-8)7-16-12-6-13(19-3)11(15)5-14(12)20-4/h5-6,16H,7H2,1-4H3,(H,17,18). The third-order valence-corrected chi connectivity index (χ3v) is 3.51. The summed E-state index contributed by atoms with van der Waals surface area (Å²) in [5, 5.41) is 11.0. The molecule has 0 bridgehead atoms. The van der Waals surface area contributed by atoms with Crippen LogP contribution >= 0.6 is 11.6 Å². The van der Waals surface area contributed by atoms with Gasteiger partial charge in [-0.1, -0.05) is 11.6 Å². The number of nitrogens with zero attached hydrogens (tertiary/aromatic N) is 1. The van der Waals surface area contributed by atoms with Crippen LogP contribution < -0.4 is 14.8 Å². The summed E-state index contributed by atoms with van der Waals surface area (Å²) in [4.78, 5) is 0. The van der Waals surface area contributed by atoms with Gasteiger partial charge in [-0.3, -0.25) is 5.10 Å². The van der Waals surface area contributed by atoms with Crippen LogP contribution in [0.5, 0.6) is 11.5 Å². The fourth-order valence-corrected chi connectivity index (χ4v) is 2.25. The van der Waals surface area contributed by atoms with Gasteiger partial charge >= 0.3 is 0 Å². The molecule has 0 amide bonds. The van der Waals surface area contributed by atoms with E-state index >= 15 is 0 Å². The third kappa shape index (κ3) is 2.82. The van der Waals surface area contributed by atoms with Crippen LogP contribution in [-0.2, 0) is 6.54 Å². The highest BCUT2D eigenvalue weighted by Gasteiger charge is 2.11. The summed E-state index contributed by atoms with van der Waals surface area (Å²) in [5.41, 5.74) is 4.00. The van der Waals surface area contributed by atoms with E-state index in [1.807, 2.05) is 19.9 Å². The minimum absolute atomic E-state index is 0.519. The molecular weight excluding hydrogens is 278 g/mol. The first-order valence-electron chi connectivity index (χ1n) is 6.22. The molecule has 0 aliphatic rings. The lowest BCUT2D eigenvalue weighted by molar-refractivity contribution is 0.404. The van der Waals surface area contributed by atoms with Gasteiger partial charge in [0.15, 0.2) is 0 Å². The van der Waals surface area contributed by atoms with Gasteiger partial charge in [0, 0.05) is 29.9 Å². The van der Waals surface area contributed by atoms with Crippen molar-refractivity contribution in [3.8, 4) is 11.5 Å². The van der Waals surface area contributed by atoms with E-state index in [2.05, 4.69) is 15.5 Å². The van der Waals surface area contributed by atoms with Gasteiger partial charge in [0.05, 0.1) is 30.6 Å². The number of aryl methyl sites for hydroxylation is 2. The zero-order valence-electron chi connectivity index (χ0n) is 12.0. The number of H-pyrrole nitrogens is 1. The Balaban J connectivity index is 2.24. The number of rotatable bonds is 5. The molecule has 0 saturated heterocycles. The monoisotopic (exact) mass is 295 g/mol. The number of aromatic amines is 1. The number of anilines is 1. The van der Waals surface area contributed by atoms with Crippen molar-refractivity contribution in [2.45, 2.75) is 20.4 Å². The van der Waals surface area contributed by atoms with Crippen molar-refractivity contribution >= 4 is 17.3 Å². The van der Waals surface area contributed by atoms with Gasteiger partial charge in [-0.05, 0) is 13.8 Å². The number of halogens is 1. The zero-order valence-corrected chi connectivity index (χ0v) is 12.8. The number of hydrogen-bond acceptors (Lipinski definition) is 4. The normalized spacial score (nSPS) is 10.4. The lowest BCUT2D eigenvalue weighted by atomic mass is 10.2. The lowest BCUT2D eigenvalue weighted by Gasteiger charge is -2.14. The second-order valence-corrected chi connectivity index (χ2v) is 4.86. The molecule has 0 unspecified atom stereocenters. The van der Waals surface area contributed by atoms with Crippen molar-refractivity contribution in [3.05, 3.63) is 34.1 Å². The maximum atomic E-state index is 6.08. The van der Waals surface area contributed by atoms with E-state index in [-0.39, 0.29) is 0 Å². The summed E-state index contributed by atoms with van der Waals surface area (Å²) in [6.45, 7) is 4.62. The number of methoxy groups -OCH3 is 2. The molecule has 0 radical (unpaired) electrons. The smallest absolute Gasteiger partial charge is 0.143 e. The number of nitrogens with one attached hydrogen (secondary N) is 2. The number of hydrogen-bond donors (Lipinski definition) is 2. The second kappa shape index (κ2) is 6.05. The topological polar surface area (TPSA) is 59.2 Å². The third-order valence-electron chi connectivity index (χ3n) is 3.21. The Morgan fingerprint density at radius 3 is 2.45 bits per heavy atom. The summed E-state index contributed by atoms with van der Waals surface area (Å²) in [5.74, 6) is 1.28. The summed E-state index contributed by atoms with van der Waals surface area (Å²) < 4.78 is 10.6. The summed E-state index contributed by atoms with van der Waals surface area (Å²) in [7, 11) is 3.19. The highest BCUT2D eigenvalue weighted by Crippen LogP contribution is 2.36. The molecule has 1 heterocycles. The van der Waals surface area contributed by atoms with Crippen molar-refractivity contribution in [2.24, 2.45) is 0 Å². The van der Waals surface area contributed by atoms with Crippen LogP contribution in [0, 0.1) is 13.8 Å². The molecule has 20 heavy (non-hydrogen) atoms. The van der Waals surface area contributed by atoms with Gasteiger partial charge in [-0.15, -0.1) is 0 Å². The predicted octanol–water partition coefficient (Wildman–Crippen LogP) is 3.31. The van der Waals surface area contributed by atoms with Gasteiger partial charge in [0.25, 0.3) is 0 Å². The molecule has 6 heteroatoms. The maximum absolute atomic E-state index is 6.08. The Kier molecular flexibility index (Phi) is 4.39. The molecule has 0 atom stereocenters. The fraction of sp³-hybridized carbons (Fsp3) is 0.357.